The van der Waals surface area contributed by atoms with Crippen molar-refractivity contribution >= 4 is 28.8 Å². The minimum absolute atomic E-state index is 0.231. The van der Waals surface area contributed by atoms with E-state index in [1.165, 1.54) is 18.4 Å². The van der Waals surface area contributed by atoms with E-state index in [-0.39, 0.29) is 5.91 Å². The number of allylic oxidation sites excluding steroid dienone is 1. The molecule has 0 bridgehead atoms. The third-order valence-corrected chi connectivity index (χ3v) is 7.02. The second-order valence-corrected chi connectivity index (χ2v) is 8.86. The number of aryl methyl sites for hydroxylation is 3. The summed E-state index contributed by atoms with van der Waals surface area (Å²) in [5.74, 6) is 0.304. The first-order valence-electron chi connectivity index (χ1n) is 11.3. The Hall–Kier alpha value is -3.15. The van der Waals surface area contributed by atoms with E-state index >= 15 is 0 Å². The van der Waals surface area contributed by atoms with Crippen LogP contribution in [0.15, 0.2) is 36.7 Å². The zero-order valence-electron chi connectivity index (χ0n) is 17.8. The van der Waals surface area contributed by atoms with Crippen LogP contribution < -0.4 is 11.5 Å². The van der Waals surface area contributed by atoms with Crippen molar-refractivity contribution in [2.45, 2.75) is 63.3 Å². The lowest BCUT2D eigenvalue weighted by Crippen LogP contribution is -2.42. The van der Waals surface area contributed by atoms with Crippen LogP contribution in [0.4, 0.5) is 5.82 Å². The van der Waals surface area contributed by atoms with Crippen molar-refractivity contribution < 1.29 is 4.79 Å². The van der Waals surface area contributed by atoms with Gasteiger partial charge in [-0.2, -0.15) is 0 Å². The number of nitrogen functional groups attached to an aromatic ring is 1. The molecule has 0 radical (unpaired) electrons. The van der Waals surface area contributed by atoms with Crippen LogP contribution in [0.2, 0.25) is 0 Å². The summed E-state index contributed by atoms with van der Waals surface area (Å²) in [7, 11) is 0. The highest BCUT2D eigenvalue weighted by Crippen LogP contribution is 2.40. The molecule has 6 heteroatoms. The summed E-state index contributed by atoms with van der Waals surface area (Å²) in [5.41, 5.74) is 18.1. The summed E-state index contributed by atoms with van der Waals surface area (Å²) < 4.78 is 2.23. The molecular formula is C25H29N5O. The predicted octanol–water partition coefficient (Wildman–Crippen LogP) is 3.90. The van der Waals surface area contributed by atoms with Crippen molar-refractivity contribution in [1.29, 1.82) is 0 Å². The molecule has 1 unspecified atom stereocenters. The standard InChI is InChI=1S/C25H29N5O/c26-23-21-22(18-10-2-4-12-20(18)29-23)30(16-28-21)15-6-5-13-25(24(27)31)14-7-9-17-8-1-3-11-19(17)25/h1,3,7-9,11,16H,2,4-6,10,12-15H2,(H2,26,29)(H2,27,31). The van der Waals surface area contributed by atoms with Crippen molar-refractivity contribution in [3.8, 4) is 0 Å². The van der Waals surface area contributed by atoms with E-state index < -0.39 is 5.41 Å². The quantitative estimate of drug-likeness (QED) is 0.596. The first-order valence-corrected chi connectivity index (χ1v) is 11.3. The van der Waals surface area contributed by atoms with Crippen molar-refractivity contribution in [3.05, 3.63) is 59.1 Å². The van der Waals surface area contributed by atoms with Gasteiger partial charge in [0, 0.05) is 12.2 Å². The molecule has 0 aliphatic heterocycles. The molecule has 31 heavy (non-hydrogen) atoms. The fraction of sp³-hybridized carbons (Fsp3) is 0.400. The Kier molecular flexibility index (Phi) is 5.00. The van der Waals surface area contributed by atoms with Gasteiger partial charge in [-0.3, -0.25) is 4.79 Å². The molecule has 0 saturated carbocycles. The number of pyridine rings is 1. The Morgan fingerprint density at radius 1 is 1.16 bits per heavy atom. The Morgan fingerprint density at radius 2 is 2.00 bits per heavy atom. The summed E-state index contributed by atoms with van der Waals surface area (Å²) >= 11 is 0. The molecule has 2 aliphatic rings. The number of fused-ring (bicyclic) bond motifs is 4. The molecule has 4 N–H and O–H groups in total. The lowest BCUT2D eigenvalue weighted by molar-refractivity contribution is -0.123. The number of benzene rings is 1. The van der Waals surface area contributed by atoms with Crippen molar-refractivity contribution in [2.75, 3.05) is 5.73 Å². The van der Waals surface area contributed by atoms with Gasteiger partial charge in [-0.25, -0.2) is 9.97 Å². The van der Waals surface area contributed by atoms with Crippen molar-refractivity contribution in [3.63, 3.8) is 0 Å². The molecule has 3 aromatic rings. The van der Waals surface area contributed by atoms with Gasteiger partial charge in [0.1, 0.15) is 5.52 Å². The molecular weight excluding hydrogens is 386 g/mol. The van der Waals surface area contributed by atoms with Crippen LogP contribution >= 0.6 is 0 Å². The summed E-state index contributed by atoms with van der Waals surface area (Å²) in [6.45, 7) is 0.846. The van der Waals surface area contributed by atoms with Gasteiger partial charge >= 0.3 is 0 Å². The number of nitrogens with two attached hydrogens (primary N) is 2. The number of unbranched alkanes of at least 4 members (excludes halogenated alkanes) is 1. The van der Waals surface area contributed by atoms with Gasteiger partial charge < -0.3 is 16.0 Å². The van der Waals surface area contributed by atoms with Gasteiger partial charge in [0.15, 0.2) is 5.82 Å². The molecule has 5 rings (SSSR count). The number of primary amides is 1. The van der Waals surface area contributed by atoms with Gasteiger partial charge in [0.25, 0.3) is 0 Å². The normalized spacial score (nSPS) is 19.9. The summed E-state index contributed by atoms with van der Waals surface area (Å²) in [4.78, 5) is 21.8. The average Bonchev–Trinajstić information content (AvgIpc) is 3.22. The highest BCUT2D eigenvalue weighted by atomic mass is 16.1. The van der Waals surface area contributed by atoms with E-state index in [4.69, 9.17) is 11.5 Å². The van der Waals surface area contributed by atoms with Crippen molar-refractivity contribution in [1.82, 2.24) is 14.5 Å². The molecule has 1 aromatic carbocycles. The second kappa shape index (κ2) is 7.84. The van der Waals surface area contributed by atoms with Crippen LogP contribution in [0, 0.1) is 0 Å². The Balaban J connectivity index is 1.35. The first kappa shape index (κ1) is 19.8. The molecule has 0 saturated heterocycles. The van der Waals surface area contributed by atoms with E-state index in [1.54, 1.807) is 0 Å². The molecule has 2 heterocycles. The van der Waals surface area contributed by atoms with Gasteiger partial charge in [-0.1, -0.05) is 42.8 Å². The van der Waals surface area contributed by atoms with Crippen LogP contribution in [0.1, 0.15) is 60.9 Å². The second-order valence-electron chi connectivity index (χ2n) is 8.86. The molecule has 0 fully saturated rings. The number of imidazole rings is 1. The number of rotatable bonds is 6. The molecule has 2 aromatic heterocycles. The number of nitrogens with zero attached hydrogens (tertiary/aromatic N) is 3. The number of aromatic nitrogens is 3. The number of carbonyl (C=O) groups excluding carboxylic acids is 1. The molecule has 2 aliphatic carbocycles. The van der Waals surface area contributed by atoms with Crippen molar-refractivity contribution in [2.24, 2.45) is 5.73 Å². The zero-order chi connectivity index (χ0) is 21.4. The topological polar surface area (TPSA) is 99.8 Å². The van der Waals surface area contributed by atoms with Gasteiger partial charge in [0.05, 0.1) is 17.3 Å². The lowest BCUT2D eigenvalue weighted by Gasteiger charge is -2.34. The van der Waals surface area contributed by atoms with Gasteiger partial charge in [0.2, 0.25) is 5.91 Å². The van der Waals surface area contributed by atoms with E-state index in [0.717, 1.165) is 66.5 Å². The SMILES string of the molecule is NC(=O)C1(CCCCn2cnc3c(N)nc4c(c32)CCCC4)CC=Cc2ccccc21. The largest absolute Gasteiger partial charge is 0.382 e. The third kappa shape index (κ3) is 3.30. The summed E-state index contributed by atoms with van der Waals surface area (Å²) in [5, 5.41) is 0. The van der Waals surface area contributed by atoms with Crippen LogP contribution in [0.3, 0.4) is 0 Å². The first-order chi connectivity index (χ1) is 15.1. The van der Waals surface area contributed by atoms with Gasteiger partial charge in [-0.15, -0.1) is 0 Å². The summed E-state index contributed by atoms with van der Waals surface area (Å²) in [6.07, 6.45) is 13.7. The van der Waals surface area contributed by atoms with Gasteiger partial charge in [-0.05, 0) is 61.6 Å². The van der Waals surface area contributed by atoms with E-state index in [0.29, 0.717) is 12.2 Å². The van der Waals surface area contributed by atoms with Crippen LogP contribution in [0.25, 0.3) is 17.1 Å². The fourth-order valence-electron chi connectivity index (χ4n) is 5.40. The molecule has 1 atom stereocenters. The maximum absolute atomic E-state index is 12.6. The predicted molar refractivity (Wildman–Crippen MR) is 123 cm³/mol. The highest BCUT2D eigenvalue weighted by molar-refractivity contribution is 5.90. The molecule has 0 spiro atoms. The number of carbonyl (C=O) groups is 1. The Morgan fingerprint density at radius 3 is 2.87 bits per heavy atom. The fourth-order valence-corrected chi connectivity index (χ4v) is 5.40. The summed E-state index contributed by atoms with van der Waals surface area (Å²) in [6, 6.07) is 8.11. The molecule has 6 nitrogen and oxygen atoms in total. The van der Waals surface area contributed by atoms with E-state index in [1.807, 2.05) is 18.5 Å². The maximum atomic E-state index is 12.6. The smallest absolute Gasteiger partial charge is 0.228 e. The van der Waals surface area contributed by atoms with Crippen LogP contribution in [-0.4, -0.2) is 20.4 Å². The minimum Gasteiger partial charge on any atom is -0.382 e. The van der Waals surface area contributed by atoms with E-state index in [2.05, 4.69) is 38.8 Å². The Labute approximate surface area is 182 Å². The van der Waals surface area contributed by atoms with Crippen LogP contribution in [-0.2, 0) is 29.6 Å². The molecule has 1 amide bonds. The van der Waals surface area contributed by atoms with E-state index in [9.17, 15) is 4.79 Å². The number of amides is 1. The third-order valence-electron chi connectivity index (χ3n) is 7.02. The number of hydrogen-bond donors (Lipinski definition) is 2. The molecule has 160 valence electrons. The maximum Gasteiger partial charge on any atom is 0.228 e. The average molecular weight is 416 g/mol. The Bertz CT molecular complexity index is 1180. The monoisotopic (exact) mass is 415 g/mol. The van der Waals surface area contributed by atoms with Crippen LogP contribution in [0.5, 0.6) is 0 Å². The zero-order valence-corrected chi connectivity index (χ0v) is 17.8. The number of anilines is 1. The highest BCUT2D eigenvalue weighted by Gasteiger charge is 2.39. The minimum atomic E-state index is -0.615. The number of hydrogen-bond acceptors (Lipinski definition) is 4. The lowest BCUT2D eigenvalue weighted by atomic mass is 9.69.